The topological polar surface area (TPSA) is 119 Å². The number of unbranched alkanes of at least 4 members (excludes halogenated alkanes) is 10. The third-order valence-electron chi connectivity index (χ3n) is 7.31. The molecule has 0 aliphatic heterocycles. The van der Waals surface area contributed by atoms with E-state index in [4.69, 9.17) is 10.5 Å². The Kier molecular flexibility index (Phi) is 29.8. The van der Waals surface area contributed by atoms with Crippen LogP contribution in [0.4, 0.5) is 0 Å². The van der Waals surface area contributed by atoms with Gasteiger partial charge in [0.25, 0.3) is 0 Å². The third-order valence-corrected chi connectivity index (χ3v) is 7.31. The summed E-state index contributed by atoms with van der Waals surface area (Å²) in [5.41, 5.74) is 5.45. The SMILES string of the molecule is CCC/C=C\C/C=C\CCCCCCCC(=O)OC(/C=C\C/C=C\CCC)CCCCCCC(=O)NC(CCCN)C(=O)O. The van der Waals surface area contributed by atoms with E-state index in [1.165, 1.54) is 19.3 Å². The molecule has 0 bridgehead atoms. The third kappa shape index (κ3) is 28.1. The average Bonchev–Trinajstić information content (AvgIpc) is 3.00. The van der Waals surface area contributed by atoms with Gasteiger partial charge in [-0.1, -0.05) is 101 Å². The molecule has 0 fully saturated rings. The van der Waals surface area contributed by atoms with Crippen molar-refractivity contribution in [2.45, 2.75) is 161 Å². The van der Waals surface area contributed by atoms with Crippen molar-refractivity contribution in [3.63, 3.8) is 0 Å². The van der Waals surface area contributed by atoms with E-state index in [1.54, 1.807) is 0 Å². The summed E-state index contributed by atoms with van der Waals surface area (Å²) in [6, 6.07) is -0.875. The number of nitrogens with two attached hydrogens (primary N) is 1. The number of ether oxygens (including phenoxy) is 1. The first-order chi connectivity index (χ1) is 21.4. The van der Waals surface area contributed by atoms with Crippen LogP contribution >= 0.6 is 0 Å². The Bertz CT molecular complexity index is 834. The Morgan fingerprint density at radius 1 is 0.682 bits per heavy atom. The van der Waals surface area contributed by atoms with E-state index in [-0.39, 0.29) is 18.0 Å². The van der Waals surface area contributed by atoms with Gasteiger partial charge in [-0.25, -0.2) is 4.79 Å². The quantitative estimate of drug-likeness (QED) is 0.0421. The van der Waals surface area contributed by atoms with Crippen molar-refractivity contribution in [2.24, 2.45) is 5.73 Å². The van der Waals surface area contributed by atoms with Crippen LogP contribution in [0.1, 0.15) is 149 Å². The van der Waals surface area contributed by atoms with Gasteiger partial charge >= 0.3 is 11.9 Å². The van der Waals surface area contributed by atoms with E-state index < -0.39 is 12.0 Å². The molecule has 0 saturated heterocycles. The average molecular weight is 617 g/mol. The van der Waals surface area contributed by atoms with Crippen LogP contribution < -0.4 is 11.1 Å². The molecule has 0 radical (unpaired) electrons. The highest BCUT2D eigenvalue weighted by atomic mass is 16.5. The molecule has 0 rings (SSSR count). The molecule has 0 spiro atoms. The molecule has 44 heavy (non-hydrogen) atoms. The Labute approximate surface area is 268 Å². The first kappa shape index (κ1) is 41.3. The minimum Gasteiger partial charge on any atom is -0.480 e. The van der Waals surface area contributed by atoms with Crippen LogP contribution in [0.2, 0.25) is 0 Å². The van der Waals surface area contributed by atoms with Gasteiger partial charge in [0.05, 0.1) is 0 Å². The van der Waals surface area contributed by atoms with Gasteiger partial charge in [0.15, 0.2) is 0 Å². The summed E-state index contributed by atoms with van der Waals surface area (Å²) in [4.78, 5) is 36.0. The van der Waals surface area contributed by atoms with Crippen molar-refractivity contribution >= 4 is 17.8 Å². The molecule has 0 saturated carbocycles. The molecule has 0 aromatic rings. The second kappa shape index (κ2) is 31.7. The lowest BCUT2D eigenvalue weighted by atomic mass is 10.1. The standard InChI is InChI=1S/C37H64N2O5/c1-3-5-7-9-11-12-13-14-15-16-17-19-25-31-36(41)44-33(27-22-18-10-8-6-4-2)28-23-20-21-24-30-35(40)39-34(37(42)43)29-26-32-38/h7-10,12-13,22,27,33-34H,3-6,11,14-21,23-26,28-32,38H2,1-2H3,(H,39,40)(H,42,43)/b9-7-,10-8-,13-12-,27-22-. The number of allylic oxidation sites excluding steroid dienone is 7. The lowest BCUT2D eigenvalue weighted by Crippen LogP contribution is -2.40. The maximum atomic E-state index is 12.6. The van der Waals surface area contributed by atoms with E-state index >= 15 is 0 Å². The lowest BCUT2D eigenvalue weighted by Gasteiger charge is -2.15. The Morgan fingerprint density at radius 2 is 1.25 bits per heavy atom. The molecule has 0 aromatic carbocycles. The van der Waals surface area contributed by atoms with Gasteiger partial charge in [0, 0.05) is 12.8 Å². The smallest absolute Gasteiger partial charge is 0.326 e. The fourth-order valence-corrected chi connectivity index (χ4v) is 4.68. The minimum absolute atomic E-state index is 0.125. The van der Waals surface area contributed by atoms with Gasteiger partial charge in [-0.3, -0.25) is 9.59 Å². The number of carboxylic acids is 1. The molecule has 1 amide bonds. The van der Waals surface area contributed by atoms with Crippen molar-refractivity contribution in [3.05, 3.63) is 48.6 Å². The second-order valence-corrected chi connectivity index (χ2v) is 11.6. The van der Waals surface area contributed by atoms with Gasteiger partial charge in [-0.2, -0.15) is 0 Å². The first-order valence-corrected chi connectivity index (χ1v) is 17.5. The Hall–Kier alpha value is -2.67. The van der Waals surface area contributed by atoms with Crippen LogP contribution in [0.25, 0.3) is 0 Å². The zero-order valence-corrected chi connectivity index (χ0v) is 28.0. The maximum absolute atomic E-state index is 12.6. The zero-order valence-electron chi connectivity index (χ0n) is 28.0. The Morgan fingerprint density at radius 3 is 1.89 bits per heavy atom. The monoisotopic (exact) mass is 616 g/mol. The molecule has 7 nitrogen and oxygen atoms in total. The summed E-state index contributed by atoms with van der Waals surface area (Å²) in [5.74, 6) is -1.38. The predicted molar refractivity (Wildman–Crippen MR) is 183 cm³/mol. The fourth-order valence-electron chi connectivity index (χ4n) is 4.68. The van der Waals surface area contributed by atoms with Crippen molar-refractivity contribution < 1.29 is 24.2 Å². The van der Waals surface area contributed by atoms with Crippen LogP contribution in [-0.2, 0) is 19.1 Å². The number of esters is 1. The highest BCUT2D eigenvalue weighted by Gasteiger charge is 2.18. The van der Waals surface area contributed by atoms with E-state index in [1.807, 2.05) is 6.08 Å². The summed E-state index contributed by atoms with van der Waals surface area (Å²) < 4.78 is 5.84. The van der Waals surface area contributed by atoms with Gasteiger partial charge in [-0.05, 0) is 89.7 Å². The number of hydrogen-bond donors (Lipinski definition) is 3. The van der Waals surface area contributed by atoms with Crippen LogP contribution in [0.3, 0.4) is 0 Å². The van der Waals surface area contributed by atoms with E-state index in [0.717, 1.165) is 83.5 Å². The molecule has 0 aliphatic carbocycles. The fraction of sp³-hybridized carbons (Fsp3) is 0.703. The number of carbonyl (C=O) groups excluding carboxylic acids is 2. The summed E-state index contributed by atoms with van der Waals surface area (Å²) >= 11 is 0. The van der Waals surface area contributed by atoms with Gasteiger partial charge < -0.3 is 20.9 Å². The summed E-state index contributed by atoms with van der Waals surface area (Å²) in [7, 11) is 0. The maximum Gasteiger partial charge on any atom is 0.326 e. The second-order valence-electron chi connectivity index (χ2n) is 11.6. The number of hydrogen-bond acceptors (Lipinski definition) is 5. The summed E-state index contributed by atoms with van der Waals surface area (Å²) in [6.45, 7) is 4.75. The number of amides is 1. The molecule has 0 aromatic heterocycles. The minimum atomic E-state index is -1.02. The molecule has 0 heterocycles. The molecule has 2 atom stereocenters. The van der Waals surface area contributed by atoms with Crippen molar-refractivity contribution in [1.29, 1.82) is 0 Å². The molecular formula is C37H64N2O5. The number of rotatable bonds is 30. The van der Waals surface area contributed by atoms with E-state index in [2.05, 4.69) is 61.7 Å². The lowest BCUT2D eigenvalue weighted by molar-refractivity contribution is -0.147. The van der Waals surface area contributed by atoms with Crippen molar-refractivity contribution in [3.8, 4) is 0 Å². The molecule has 2 unspecified atom stereocenters. The molecule has 0 aliphatic rings. The van der Waals surface area contributed by atoms with Crippen LogP contribution in [0.5, 0.6) is 0 Å². The van der Waals surface area contributed by atoms with Crippen molar-refractivity contribution in [1.82, 2.24) is 5.32 Å². The van der Waals surface area contributed by atoms with Gasteiger partial charge in [0.1, 0.15) is 12.1 Å². The highest BCUT2D eigenvalue weighted by Crippen LogP contribution is 2.14. The van der Waals surface area contributed by atoms with Gasteiger partial charge in [-0.15, -0.1) is 0 Å². The molecule has 7 heteroatoms. The van der Waals surface area contributed by atoms with Crippen LogP contribution in [-0.4, -0.2) is 41.6 Å². The van der Waals surface area contributed by atoms with E-state index in [9.17, 15) is 19.5 Å². The Balaban J connectivity index is 4.32. The highest BCUT2D eigenvalue weighted by molar-refractivity contribution is 5.83. The predicted octanol–water partition coefficient (Wildman–Crippen LogP) is 8.88. The molecule has 4 N–H and O–H groups in total. The largest absolute Gasteiger partial charge is 0.480 e. The van der Waals surface area contributed by atoms with Crippen LogP contribution in [0, 0.1) is 0 Å². The number of nitrogens with one attached hydrogen (secondary N) is 1. The van der Waals surface area contributed by atoms with Crippen molar-refractivity contribution in [2.75, 3.05) is 6.54 Å². The van der Waals surface area contributed by atoms with E-state index in [0.29, 0.717) is 38.6 Å². The number of carbonyl (C=O) groups is 3. The number of aliphatic carboxylic acids is 1. The molecular weight excluding hydrogens is 552 g/mol. The zero-order chi connectivity index (χ0) is 32.5. The normalized spacial score (nSPS) is 13.3. The number of carboxylic acid groups (broad SMARTS) is 1. The van der Waals surface area contributed by atoms with Crippen LogP contribution in [0.15, 0.2) is 48.6 Å². The summed E-state index contributed by atoms with van der Waals surface area (Å²) in [5, 5.41) is 11.9. The van der Waals surface area contributed by atoms with Gasteiger partial charge in [0.2, 0.25) is 5.91 Å². The first-order valence-electron chi connectivity index (χ1n) is 17.5. The summed E-state index contributed by atoms with van der Waals surface area (Å²) in [6.07, 6.45) is 36.0. The molecule has 252 valence electrons.